The fourth-order valence-electron chi connectivity index (χ4n) is 2.76. The summed E-state index contributed by atoms with van der Waals surface area (Å²) >= 11 is 3.38. The van der Waals surface area contributed by atoms with E-state index in [2.05, 4.69) is 30.7 Å². The van der Waals surface area contributed by atoms with Crippen LogP contribution >= 0.6 is 15.9 Å². The van der Waals surface area contributed by atoms with Crippen LogP contribution in [-0.4, -0.2) is 41.0 Å². The number of hydrogen-bond acceptors (Lipinski definition) is 5. The van der Waals surface area contributed by atoms with E-state index in [-0.39, 0.29) is 10.6 Å². The minimum atomic E-state index is -0.312. The van der Waals surface area contributed by atoms with Gasteiger partial charge in [0.05, 0.1) is 10.6 Å². The number of pyridine rings is 1. The third-order valence-electron chi connectivity index (χ3n) is 3.97. The Labute approximate surface area is 143 Å². The molecule has 1 aliphatic heterocycles. The van der Waals surface area contributed by atoms with Crippen molar-refractivity contribution in [1.29, 1.82) is 0 Å². The summed E-state index contributed by atoms with van der Waals surface area (Å²) in [6.07, 6.45) is 1.80. The highest BCUT2D eigenvalue weighted by atomic mass is 79.9. The molecule has 0 spiro atoms. The van der Waals surface area contributed by atoms with Crippen LogP contribution in [0.1, 0.15) is 5.69 Å². The first kappa shape index (κ1) is 15.9. The lowest BCUT2D eigenvalue weighted by Crippen LogP contribution is -2.46. The molecule has 1 saturated heterocycles. The Balaban J connectivity index is 1.62. The number of aromatic nitrogens is 1. The number of piperazine rings is 1. The van der Waals surface area contributed by atoms with E-state index < -0.39 is 0 Å². The SMILES string of the molecule is O=[N+]([O-])c1ccccc1N1CCN(Cc2ccc(Br)cn2)CC1. The minimum Gasteiger partial charge on any atom is -0.363 e. The Bertz CT molecular complexity index is 685. The molecule has 0 unspecified atom stereocenters. The topological polar surface area (TPSA) is 62.5 Å². The maximum Gasteiger partial charge on any atom is 0.292 e. The van der Waals surface area contributed by atoms with Gasteiger partial charge in [0.15, 0.2) is 0 Å². The Hall–Kier alpha value is -1.99. The number of nitro benzene ring substituents is 1. The summed E-state index contributed by atoms with van der Waals surface area (Å²) in [5, 5.41) is 11.2. The van der Waals surface area contributed by atoms with Gasteiger partial charge in [-0.2, -0.15) is 0 Å². The molecule has 0 N–H and O–H groups in total. The van der Waals surface area contributed by atoms with Gasteiger partial charge in [-0.05, 0) is 34.1 Å². The second-order valence-corrected chi connectivity index (χ2v) is 6.39. The Morgan fingerprint density at radius 3 is 2.52 bits per heavy atom. The van der Waals surface area contributed by atoms with Crippen molar-refractivity contribution in [1.82, 2.24) is 9.88 Å². The second-order valence-electron chi connectivity index (χ2n) is 5.48. The van der Waals surface area contributed by atoms with Gasteiger partial charge in [-0.15, -0.1) is 0 Å². The normalized spacial score (nSPS) is 15.6. The van der Waals surface area contributed by atoms with Gasteiger partial charge in [0.2, 0.25) is 0 Å². The van der Waals surface area contributed by atoms with Crippen LogP contribution in [0.3, 0.4) is 0 Å². The zero-order chi connectivity index (χ0) is 16.2. The molecule has 1 fully saturated rings. The number of hydrogen-bond donors (Lipinski definition) is 0. The predicted octanol–water partition coefficient (Wildman–Crippen LogP) is 3.07. The van der Waals surface area contributed by atoms with Crippen molar-refractivity contribution in [2.45, 2.75) is 6.54 Å². The third kappa shape index (κ3) is 3.86. The monoisotopic (exact) mass is 376 g/mol. The average Bonchev–Trinajstić information content (AvgIpc) is 2.58. The Kier molecular flexibility index (Phi) is 4.88. The summed E-state index contributed by atoms with van der Waals surface area (Å²) in [4.78, 5) is 19.6. The second kappa shape index (κ2) is 7.06. The number of anilines is 1. The fraction of sp³-hybridized carbons (Fsp3) is 0.312. The van der Waals surface area contributed by atoms with Crippen molar-refractivity contribution >= 4 is 27.3 Å². The molecule has 3 rings (SSSR count). The third-order valence-corrected chi connectivity index (χ3v) is 4.43. The van der Waals surface area contributed by atoms with Crippen LogP contribution in [0.25, 0.3) is 0 Å². The minimum absolute atomic E-state index is 0.176. The van der Waals surface area contributed by atoms with Gasteiger partial charge in [0.25, 0.3) is 5.69 Å². The quantitative estimate of drug-likeness (QED) is 0.605. The maximum absolute atomic E-state index is 11.2. The van der Waals surface area contributed by atoms with E-state index in [1.165, 1.54) is 0 Å². The van der Waals surface area contributed by atoms with Crippen LogP contribution in [0.2, 0.25) is 0 Å². The molecular formula is C16H17BrN4O2. The number of para-hydroxylation sites is 2. The van der Waals surface area contributed by atoms with Crippen LogP contribution in [0.5, 0.6) is 0 Å². The fourth-order valence-corrected chi connectivity index (χ4v) is 3.00. The number of rotatable bonds is 4. The molecule has 23 heavy (non-hydrogen) atoms. The molecule has 1 aliphatic rings. The summed E-state index contributed by atoms with van der Waals surface area (Å²) in [5.41, 5.74) is 1.92. The standard InChI is InChI=1S/C16H17BrN4O2/c17-13-5-6-14(18-11-13)12-19-7-9-20(10-8-19)15-3-1-2-4-16(15)21(22)23/h1-6,11H,7-10,12H2. The smallest absolute Gasteiger partial charge is 0.292 e. The summed E-state index contributed by atoms with van der Waals surface area (Å²) < 4.78 is 0.974. The van der Waals surface area contributed by atoms with E-state index in [0.717, 1.165) is 42.9 Å². The highest BCUT2D eigenvalue weighted by Gasteiger charge is 2.23. The molecule has 0 saturated carbocycles. The summed E-state index contributed by atoms with van der Waals surface area (Å²) in [6, 6.07) is 10.9. The van der Waals surface area contributed by atoms with Crippen molar-refractivity contribution in [2.75, 3.05) is 31.1 Å². The molecule has 2 heterocycles. The maximum atomic E-state index is 11.2. The Morgan fingerprint density at radius 2 is 1.87 bits per heavy atom. The molecule has 2 aromatic rings. The van der Waals surface area contributed by atoms with Gasteiger partial charge in [0, 0.05) is 49.5 Å². The average molecular weight is 377 g/mol. The Morgan fingerprint density at radius 1 is 1.13 bits per heavy atom. The van der Waals surface area contributed by atoms with E-state index in [9.17, 15) is 10.1 Å². The number of nitro groups is 1. The molecule has 0 amide bonds. The lowest BCUT2D eigenvalue weighted by Gasteiger charge is -2.35. The largest absolute Gasteiger partial charge is 0.363 e. The molecule has 120 valence electrons. The van der Waals surface area contributed by atoms with E-state index in [1.807, 2.05) is 24.3 Å². The van der Waals surface area contributed by atoms with Crippen LogP contribution < -0.4 is 4.90 Å². The van der Waals surface area contributed by atoms with Crippen molar-refractivity contribution in [3.05, 3.63) is 62.9 Å². The van der Waals surface area contributed by atoms with Crippen molar-refractivity contribution in [2.24, 2.45) is 0 Å². The van der Waals surface area contributed by atoms with Crippen LogP contribution in [0.15, 0.2) is 47.1 Å². The predicted molar refractivity (Wildman–Crippen MR) is 92.5 cm³/mol. The van der Waals surface area contributed by atoms with Gasteiger partial charge < -0.3 is 4.90 Å². The van der Waals surface area contributed by atoms with E-state index in [4.69, 9.17) is 0 Å². The van der Waals surface area contributed by atoms with Gasteiger partial charge in [-0.3, -0.25) is 20.0 Å². The van der Waals surface area contributed by atoms with Gasteiger partial charge in [-0.25, -0.2) is 0 Å². The number of halogens is 1. The first-order valence-corrected chi connectivity index (χ1v) is 8.24. The van der Waals surface area contributed by atoms with Crippen LogP contribution in [-0.2, 0) is 6.54 Å². The van der Waals surface area contributed by atoms with E-state index >= 15 is 0 Å². The van der Waals surface area contributed by atoms with E-state index in [1.54, 1.807) is 18.3 Å². The molecule has 0 radical (unpaired) electrons. The molecule has 7 heteroatoms. The number of benzene rings is 1. The van der Waals surface area contributed by atoms with E-state index in [0.29, 0.717) is 5.69 Å². The number of nitrogens with zero attached hydrogens (tertiary/aromatic N) is 4. The summed E-state index contributed by atoms with van der Waals surface area (Å²) in [7, 11) is 0. The molecule has 0 bridgehead atoms. The van der Waals surface area contributed by atoms with Gasteiger partial charge in [0.1, 0.15) is 5.69 Å². The van der Waals surface area contributed by atoms with Crippen molar-refractivity contribution in [3.8, 4) is 0 Å². The van der Waals surface area contributed by atoms with Crippen molar-refractivity contribution < 1.29 is 4.92 Å². The molecule has 6 nitrogen and oxygen atoms in total. The molecule has 0 atom stereocenters. The zero-order valence-corrected chi connectivity index (χ0v) is 14.1. The molecule has 0 aliphatic carbocycles. The summed E-state index contributed by atoms with van der Waals surface area (Å²) in [5.74, 6) is 0. The zero-order valence-electron chi connectivity index (χ0n) is 12.6. The first-order chi connectivity index (χ1) is 11.1. The molecule has 1 aromatic heterocycles. The summed E-state index contributed by atoms with van der Waals surface area (Å²) in [6.45, 7) is 4.09. The molecule has 1 aromatic carbocycles. The lowest BCUT2D eigenvalue weighted by atomic mass is 10.2. The van der Waals surface area contributed by atoms with Gasteiger partial charge >= 0.3 is 0 Å². The van der Waals surface area contributed by atoms with Gasteiger partial charge in [-0.1, -0.05) is 12.1 Å². The van der Waals surface area contributed by atoms with Crippen molar-refractivity contribution in [3.63, 3.8) is 0 Å². The molecular weight excluding hydrogens is 360 g/mol. The van der Waals surface area contributed by atoms with Crippen LogP contribution in [0, 0.1) is 10.1 Å². The first-order valence-electron chi connectivity index (χ1n) is 7.44. The van der Waals surface area contributed by atoms with Crippen LogP contribution in [0.4, 0.5) is 11.4 Å². The lowest BCUT2D eigenvalue weighted by molar-refractivity contribution is -0.384. The highest BCUT2D eigenvalue weighted by Crippen LogP contribution is 2.28. The highest BCUT2D eigenvalue weighted by molar-refractivity contribution is 9.10.